The summed E-state index contributed by atoms with van der Waals surface area (Å²) in [6.07, 6.45) is 5.27. The lowest BCUT2D eigenvalue weighted by atomic mass is 10.0. The van der Waals surface area contributed by atoms with Crippen molar-refractivity contribution >= 4 is 0 Å². The Kier molecular flexibility index (Phi) is 2.19. The summed E-state index contributed by atoms with van der Waals surface area (Å²) < 4.78 is 0. The molecule has 1 saturated heterocycles. The van der Waals surface area contributed by atoms with Crippen LogP contribution in [-0.2, 0) is 0 Å². The van der Waals surface area contributed by atoms with E-state index in [1.165, 1.54) is 25.7 Å². The molecule has 0 amide bonds. The molecule has 2 fully saturated rings. The second-order valence-corrected chi connectivity index (χ2v) is 3.81. The number of nitrogens with zero attached hydrogens (tertiary/aromatic N) is 3. The average Bonchev–Trinajstić information content (AvgIpc) is 2.58. The van der Waals surface area contributed by atoms with Crippen molar-refractivity contribution in [3.63, 3.8) is 0 Å². The van der Waals surface area contributed by atoms with Gasteiger partial charge in [0.25, 0.3) is 0 Å². The van der Waals surface area contributed by atoms with Crippen LogP contribution in [0.5, 0.6) is 0 Å². The van der Waals surface area contributed by atoms with Gasteiger partial charge in [0.1, 0.15) is 0 Å². The van der Waals surface area contributed by atoms with Crippen LogP contribution in [0.2, 0.25) is 0 Å². The minimum Gasteiger partial charge on any atom is -0.311 e. The fraction of sp³-hybridized carbons (Fsp3) is 1.00. The van der Waals surface area contributed by atoms with E-state index in [4.69, 9.17) is 5.53 Å². The molecule has 12 heavy (non-hydrogen) atoms. The van der Waals surface area contributed by atoms with Crippen LogP contribution in [0, 0.1) is 5.92 Å². The SMILES string of the molecule is [N-]=[N+]=NC[C@@H]1C[C@@H]2CCC[C@@H]2N1. The lowest BCUT2D eigenvalue weighted by Crippen LogP contribution is -2.30. The van der Waals surface area contributed by atoms with Gasteiger partial charge in [0, 0.05) is 23.5 Å². The Morgan fingerprint density at radius 1 is 1.50 bits per heavy atom. The number of hydrogen-bond donors (Lipinski definition) is 1. The van der Waals surface area contributed by atoms with E-state index in [-0.39, 0.29) is 0 Å². The molecule has 1 N–H and O–H groups in total. The van der Waals surface area contributed by atoms with Gasteiger partial charge in [-0.05, 0) is 30.7 Å². The van der Waals surface area contributed by atoms with E-state index < -0.39 is 0 Å². The number of fused-ring (bicyclic) bond motifs is 1. The third kappa shape index (κ3) is 1.40. The first kappa shape index (κ1) is 7.90. The van der Waals surface area contributed by atoms with Crippen LogP contribution in [0.25, 0.3) is 10.4 Å². The average molecular weight is 166 g/mol. The fourth-order valence-electron chi connectivity index (χ4n) is 2.54. The van der Waals surface area contributed by atoms with Crippen molar-refractivity contribution in [1.82, 2.24) is 5.32 Å². The van der Waals surface area contributed by atoms with Gasteiger partial charge < -0.3 is 5.32 Å². The predicted octanol–water partition coefficient (Wildman–Crippen LogP) is 1.83. The van der Waals surface area contributed by atoms with Crippen LogP contribution in [0.3, 0.4) is 0 Å². The number of rotatable bonds is 2. The fourth-order valence-corrected chi connectivity index (χ4v) is 2.54. The minimum atomic E-state index is 0.455. The molecule has 1 saturated carbocycles. The van der Waals surface area contributed by atoms with Crippen LogP contribution in [-0.4, -0.2) is 18.6 Å². The van der Waals surface area contributed by atoms with Crippen LogP contribution in [0.4, 0.5) is 0 Å². The highest BCUT2D eigenvalue weighted by Crippen LogP contribution is 2.34. The summed E-state index contributed by atoms with van der Waals surface area (Å²) in [5, 5.41) is 7.12. The molecular weight excluding hydrogens is 152 g/mol. The second kappa shape index (κ2) is 3.33. The van der Waals surface area contributed by atoms with E-state index in [1.807, 2.05) is 0 Å². The summed E-state index contributed by atoms with van der Waals surface area (Å²) in [5.41, 5.74) is 8.16. The standard InChI is InChI=1S/C8H14N4/c9-12-10-5-7-4-6-2-1-3-8(6)11-7/h6-8,11H,1-5H2/t6-,7-,8-/m0/s1. The van der Waals surface area contributed by atoms with Gasteiger partial charge in [-0.1, -0.05) is 11.5 Å². The first-order valence-electron chi connectivity index (χ1n) is 4.67. The molecule has 0 aromatic carbocycles. The monoisotopic (exact) mass is 166 g/mol. The van der Waals surface area contributed by atoms with Crippen molar-refractivity contribution in [2.45, 2.75) is 37.8 Å². The van der Waals surface area contributed by atoms with E-state index in [2.05, 4.69) is 15.3 Å². The van der Waals surface area contributed by atoms with E-state index in [1.54, 1.807) is 0 Å². The highest BCUT2D eigenvalue weighted by Gasteiger charge is 2.35. The van der Waals surface area contributed by atoms with E-state index >= 15 is 0 Å². The Morgan fingerprint density at radius 2 is 2.42 bits per heavy atom. The Labute approximate surface area is 72.0 Å². The zero-order chi connectivity index (χ0) is 8.39. The molecule has 0 radical (unpaired) electrons. The third-order valence-electron chi connectivity index (χ3n) is 3.06. The largest absolute Gasteiger partial charge is 0.311 e. The quantitative estimate of drug-likeness (QED) is 0.379. The molecule has 2 rings (SSSR count). The van der Waals surface area contributed by atoms with Gasteiger partial charge in [-0.15, -0.1) is 0 Å². The Balaban J connectivity index is 1.86. The van der Waals surface area contributed by atoms with Crippen molar-refractivity contribution in [3.05, 3.63) is 10.4 Å². The predicted molar refractivity (Wildman–Crippen MR) is 46.7 cm³/mol. The first-order valence-corrected chi connectivity index (χ1v) is 4.67. The molecule has 66 valence electrons. The van der Waals surface area contributed by atoms with Gasteiger partial charge in [0.05, 0.1) is 0 Å². The lowest BCUT2D eigenvalue weighted by molar-refractivity contribution is 0.516. The van der Waals surface area contributed by atoms with Gasteiger partial charge in [-0.25, -0.2) is 0 Å². The van der Waals surface area contributed by atoms with E-state index in [0.717, 1.165) is 12.0 Å². The highest BCUT2D eigenvalue weighted by atomic mass is 15.2. The molecular formula is C8H14N4. The molecule has 0 aromatic rings. The Bertz CT molecular complexity index is 197. The Hall–Kier alpha value is -0.730. The lowest BCUT2D eigenvalue weighted by Gasteiger charge is -2.09. The van der Waals surface area contributed by atoms with Crippen LogP contribution < -0.4 is 5.32 Å². The molecule has 2 aliphatic rings. The maximum absolute atomic E-state index is 8.16. The minimum absolute atomic E-state index is 0.455. The normalized spacial score (nSPS) is 39.2. The molecule has 4 heteroatoms. The van der Waals surface area contributed by atoms with Crippen LogP contribution >= 0.6 is 0 Å². The molecule has 0 unspecified atom stereocenters. The molecule has 4 nitrogen and oxygen atoms in total. The molecule has 1 aliphatic carbocycles. The zero-order valence-corrected chi connectivity index (χ0v) is 7.11. The Morgan fingerprint density at radius 3 is 3.17 bits per heavy atom. The maximum atomic E-state index is 8.16. The first-order chi connectivity index (χ1) is 5.90. The van der Waals surface area contributed by atoms with Crippen LogP contribution in [0.15, 0.2) is 5.11 Å². The van der Waals surface area contributed by atoms with Gasteiger partial charge in [-0.3, -0.25) is 0 Å². The van der Waals surface area contributed by atoms with Gasteiger partial charge >= 0.3 is 0 Å². The molecule has 1 heterocycles. The highest BCUT2D eigenvalue weighted by molar-refractivity contribution is 4.95. The number of nitrogens with one attached hydrogen (secondary N) is 1. The van der Waals surface area contributed by atoms with Gasteiger partial charge in [0.2, 0.25) is 0 Å². The summed E-state index contributed by atoms with van der Waals surface area (Å²) in [4.78, 5) is 2.78. The van der Waals surface area contributed by atoms with Crippen molar-refractivity contribution < 1.29 is 0 Å². The molecule has 0 spiro atoms. The van der Waals surface area contributed by atoms with Crippen molar-refractivity contribution in [1.29, 1.82) is 0 Å². The van der Waals surface area contributed by atoms with E-state index in [9.17, 15) is 0 Å². The second-order valence-electron chi connectivity index (χ2n) is 3.81. The molecule has 3 atom stereocenters. The van der Waals surface area contributed by atoms with Gasteiger partial charge in [0.15, 0.2) is 0 Å². The summed E-state index contributed by atoms with van der Waals surface area (Å²) in [5.74, 6) is 0.865. The molecule has 0 aromatic heterocycles. The van der Waals surface area contributed by atoms with Crippen molar-refractivity contribution in [3.8, 4) is 0 Å². The summed E-state index contributed by atoms with van der Waals surface area (Å²) in [6, 6.07) is 1.18. The summed E-state index contributed by atoms with van der Waals surface area (Å²) in [7, 11) is 0. The maximum Gasteiger partial charge on any atom is 0.0412 e. The van der Waals surface area contributed by atoms with Gasteiger partial charge in [-0.2, -0.15) is 0 Å². The number of hydrogen-bond acceptors (Lipinski definition) is 2. The summed E-state index contributed by atoms with van der Waals surface area (Å²) >= 11 is 0. The molecule has 0 bridgehead atoms. The number of azide groups is 1. The van der Waals surface area contributed by atoms with Crippen molar-refractivity contribution in [2.24, 2.45) is 11.0 Å². The van der Waals surface area contributed by atoms with E-state index in [0.29, 0.717) is 12.6 Å². The zero-order valence-electron chi connectivity index (χ0n) is 7.11. The smallest absolute Gasteiger partial charge is 0.0412 e. The molecule has 1 aliphatic heterocycles. The third-order valence-corrected chi connectivity index (χ3v) is 3.06. The van der Waals surface area contributed by atoms with Crippen molar-refractivity contribution in [2.75, 3.05) is 6.54 Å². The topological polar surface area (TPSA) is 60.8 Å². The van der Waals surface area contributed by atoms with Crippen LogP contribution in [0.1, 0.15) is 25.7 Å². The summed E-state index contributed by atoms with van der Waals surface area (Å²) in [6.45, 7) is 0.628.